The highest BCUT2D eigenvalue weighted by Crippen LogP contribution is 2.23. The number of unbranched alkanes of at least 4 members (excludes halogenated alkanes) is 22. The first-order valence-corrected chi connectivity index (χ1v) is 25.2. The monoisotopic (exact) mass is 791 g/mol. The van der Waals surface area contributed by atoms with Gasteiger partial charge in [0.15, 0.2) is 0 Å². The van der Waals surface area contributed by atoms with Crippen LogP contribution in [-0.2, 0) is 19.1 Å². The fraction of sp³-hybridized carbons (Fsp3) is 0.960. The normalized spacial score (nSPS) is 14.6. The minimum absolute atomic E-state index is 0.0755. The molecule has 1 aliphatic heterocycles. The molecule has 2 unspecified atom stereocenters. The third-order valence-corrected chi connectivity index (χ3v) is 12.5. The SMILES string of the molecule is CCCCCCCCC(CCCCCC)C(=O)OCCCCCCN(CCCCCCOC(=O)C(CCCCCC)CCCCCCCC)CCC1CN(C)C1. The number of hydrogen-bond donors (Lipinski definition) is 0. The fourth-order valence-corrected chi connectivity index (χ4v) is 8.61. The van der Waals surface area contributed by atoms with Gasteiger partial charge in [-0.2, -0.15) is 0 Å². The first-order valence-electron chi connectivity index (χ1n) is 25.2. The second-order valence-electron chi connectivity index (χ2n) is 18.1. The van der Waals surface area contributed by atoms with E-state index in [0.29, 0.717) is 13.2 Å². The number of rotatable bonds is 43. The molecule has 0 N–H and O–H groups in total. The number of carbonyl (C=O) groups is 2. The number of likely N-dealkylation sites (tertiary alicyclic amines) is 1. The number of ether oxygens (including phenoxy) is 2. The lowest BCUT2D eigenvalue weighted by Crippen LogP contribution is -2.45. The van der Waals surface area contributed by atoms with Crippen LogP contribution in [-0.4, -0.2) is 74.7 Å². The van der Waals surface area contributed by atoms with Gasteiger partial charge in [-0.3, -0.25) is 9.59 Å². The highest BCUT2D eigenvalue weighted by molar-refractivity contribution is 5.72. The lowest BCUT2D eigenvalue weighted by molar-refractivity contribution is -0.150. The van der Waals surface area contributed by atoms with Crippen molar-refractivity contribution in [3.63, 3.8) is 0 Å². The van der Waals surface area contributed by atoms with Crippen molar-refractivity contribution in [2.24, 2.45) is 17.8 Å². The number of nitrogens with zero attached hydrogens (tertiary/aromatic N) is 2. The Morgan fingerprint density at radius 3 is 1.16 bits per heavy atom. The van der Waals surface area contributed by atoms with Crippen LogP contribution in [0.15, 0.2) is 0 Å². The van der Waals surface area contributed by atoms with Crippen LogP contribution in [0.3, 0.4) is 0 Å². The quantitative estimate of drug-likeness (QED) is 0.0453. The summed E-state index contributed by atoms with van der Waals surface area (Å²) in [5.74, 6) is 1.22. The molecule has 1 heterocycles. The number of esters is 2. The second kappa shape index (κ2) is 39.3. The predicted molar refractivity (Wildman–Crippen MR) is 241 cm³/mol. The Kier molecular flexibility index (Phi) is 37.1. The standard InChI is InChI=1S/C50H98N2O4/c1-6-10-14-18-20-28-36-47(34-26-16-12-8-3)49(53)55-42-32-24-22-30-39-52(41-38-46-44-51(5)45-46)40-31-23-25-33-43-56-50(54)48(35-27-17-13-9-4)37-29-21-19-15-11-7-2/h46-48H,6-45H2,1-5H3. The Morgan fingerprint density at radius 1 is 0.464 bits per heavy atom. The average Bonchev–Trinajstić information content (AvgIpc) is 3.18. The van der Waals surface area contributed by atoms with Crippen molar-refractivity contribution in [3.8, 4) is 0 Å². The Labute approximate surface area is 350 Å². The lowest BCUT2D eigenvalue weighted by Gasteiger charge is -2.37. The molecule has 0 saturated carbocycles. The van der Waals surface area contributed by atoms with Crippen LogP contribution in [0.4, 0.5) is 0 Å². The van der Waals surface area contributed by atoms with Crippen molar-refractivity contribution in [3.05, 3.63) is 0 Å². The summed E-state index contributed by atoms with van der Waals surface area (Å²) in [5.41, 5.74) is 0. The molecule has 0 amide bonds. The average molecular weight is 791 g/mol. The van der Waals surface area contributed by atoms with E-state index >= 15 is 0 Å². The number of hydrogen-bond acceptors (Lipinski definition) is 6. The highest BCUT2D eigenvalue weighted by Gasteiger charge is 2.24. The minimum Gasteiger partial charge on any atom is -0.465 e. The first-order chi connectivity index (χ1) is 27.4. The second-order valence-corrected chi connectivity index (χ2v) is 18.1. The molecule has 6 nitrogen and oxygen atoms in total. The Morgan fingerprint density at radius 2 is 0.786 bits per heavy atom. The van der Waals surface area contributed by atoms with Crippen LogP contribution < -0.4 is 0 Å². The van der Waals surface area contributed by atoms with Gasteiger partial charge in [-0.05, 0) is 90.4 Å². The number of carbonyl (C=O) groups excluding carboxylic acids is 2. The van der Waals surface area contributed by atoms with Gasteiger partial charge in [-0.15, -0.1) is 0 Å². The maximum absolute atomic E-state index is 13.0. The summed E-state index contributed by atoms with van der Waals surface area (Å²) < 4.78 is 11.7. The summed E-state index contributed by atoms with van der Waals surface area (Å²) in [4.78, 5) is 31.2. The molecule has 0 radical (unpaired) electrons. The summed E-state index contributed by atoms with van der Waals surface area (Å²) in [6, 6.07) is 0. The summed E-state index contributed by atoms with van der Waals surface area (Å²) in [6.07, 6.45) is 39.6. The molecule has 0 aromatic heterocycles. The van der Waals surface area contributed by atoms with Crippen molar-refractivity contribution >= 4 is 11.9 Å². The molecule has 56 heavy (non-hydrogen) atoms. The maximum Gasteiger partial charge on any atom is 0.308 e. The predicted octanol–water partition coefficient (Wildman–Crippen LogP) is 14.1. The van der Waals surface area contributed by atoms with E-state index in [0.717, 1.165) is 70.1 Å². The molecule has 1 fully saturated rings. The van der Waals surface area contributed by atoms with Gasteiger partial charge in [0.25, 0.3) is 0 Å². The van der Waals surface area contributed by atoms with Gasteiger partial charge in [0, 0.05) is 13.1 Å². The van der Waals surface area contributed by atoms with Gasteiger partial charge in [-0.25, -0.2) is 0 Å². The van der Waals surface area contributed by atoms with Crippen LogP contribution in [0.2, 0.25) is 0 Å². The molecule has 332 valence electrons. The zero-order valence-electron chi connectivity index (χ0n) is 38.5. The largest absolute Gasteiger partial charge is 0.465 e. The molecule has 6 heteroatoms. The fourth-order valence-electron chi connectivity index (χ4n) is 8.61. The van der Waals surface area contributed by atoms with E-state index in [1.54, 1.807) is 0 Å². The summed E-state index contributed by atoms with van der Waals surface area (Å²) in [5, 5.41) is 0. The molecule has 1 aliphatic rings. The van der Waals surface area contributed by atoms with Crippen LogP contribution in [0.5, 0.6) is 0 Å². The van der Waals surface area contributed by atoms with Crippen LogP contribution in [0.1, 0.15) is 240 Å². The molecule has 0 aromatic carbocycles. The molecular weight excluding hydrogens is 693 g/mol. The van der Waals surface area contributed by atoms with Crippen LogP contribution >= 0.6 is 0 Å². The van der Waals surface area contributed by atoms with Crippen molar-refractivity contribution < 1.29 is 19.1 Å². The van der Waals surface area contributed by atoms with Gasteiger partial charge < -0.3 is 19.3 Å². The zero-order chi connectivity index (χ0) is 40.7. The molecule has 0 aromatic rings. The molecule has 2 atom stereocenters. The minimum atomic E-state index is 0.0755. The summed E-state index contributed by atoms with van der Waals surface area (Å²) >= 11 is 0. The van der Waals surface area contributed by atoms with Gasteiger partial charge in [0.2, 0.25) is 0 Å². The van der Waals surface area contributed by atoms with E-state index in [2.05, 4.69) is 44.5 Å². The Bertz CT molecular complexity index is 804. The third-order valence-electron chi connectivity index (χ3n) is 12.5. The van der Waals surface area contributed by atoms with Gasteiger partial charge in [-0.1, -0.05) is 182 Å². The van der Waals surface area contributed by atoms with Crippen LogP contribution in [0.25, 0.3) is 0 Å². The summed E-state index contributed by atoms with van der Waals surface area (Å²) in [6.45, 7) is 16.3. The maximum atomic E-state index is 13.0. The van der Waals surface area contributed by atoms with Gasteiger partial charge in [0.05, 0.1) is 25.0 Å². The Balaban J connectivity index is 2.34. The molecule has 0 spiro atoms. The van der Waals surface area contributed by atoms with Crippen LogP contribution in [0, 0.1) is 17.8 Å². The van der Waals surface area contributed by atoms with Crippen molar-refractivity contribution in [1.82, 2.24) is 9.80 Å². The summed E-state index contributed by atoms with van der Waals surface area (Å²) in [7, 11) is 2.23. The highest BCUT2D eigenvalue weighted by atomic mass is 16.5. The molecule has 1 saturated heterocycles. The van der Waals surface area contributed by atoms with Gasteiger partial charge >= 0.3 is 11.9 Å². The molecule has 0 bridgehead atoms. The Hall–Kier alpha value is -1.14. The van der Waals surface area contributed by atoms with E-state index in [4.69, 9.17) is 9.47 Å². The molecule has 1 rings (SSSR count). The van der Waals surface area contributed by atoms with Crippen molar-refractivity contribution in [1.29, 1.82) is 0 Å². The van der Waals surface area contributed by atoms with E-state index in [1.165, 1.54) is 180 Å². The molecular formula is C50H98N2O4. The zero-order valence-corrected chi connectivity index (χ0v) is 38.5. The van der Waals surface area contributed by atoms with E-state index in [-0.39, 0.29) is 23.8 Å². The van der Waals surface area contributed by atoms with Crippen molar-refractivity contribution in [2.45, 2.75) is 240 Å². The van der Waals surface area contributed by atoms with E-state index < -0.39 is 0 Å². The molecule has 0 aliphatic carbocycles. The third kappa shape index (κ3) is 30.9. The van der Waals surface area contributed by atoms with E-state index in [9.17, 15) is 9.59 Å². The smallest absolute Gasteiger partial charge is 0.308 e. The van der Waals surface area contributed by atoms with E-state index in [1.807, 2.05) is 0 Å². The topological polar surface area (TPSA) is 59.1 Å². The van der Waals surface area contributed by atoms with Gasteiger partial charge in [0.1, 0.15) is 0 Å². The first kappa shape index (κ1) is 52.9. The van der Waals surface area contributed by atoms with Crippen molar-refractivity contribution in [2.75, 3.05) is 53.0 Å². The lowest BCUT2D eigenvalue weighted by atomic mass is 9.94.